The lowest BCUT2D eigenvalue weighted by Crippen LogP contribution is -2.34. The Morgan fingerprint density at radius 3 is 2.75 bits per heavy atom. The molecule has 0 spiro atoms. The fourth-order valence-corrected chi connectivity index (χ4v) is 3.65. The molecule has 0 atom stereocenters. The first-order chi connectivity index (χ1) is 15.7. The maximum Gasteiger partial charge on any atom is 0.258 e. The molecule has 32 heavy (non-hydrogen) atoms. The summed E-state index contributed by atoms with van der Waals surface area (Å²) >= 11 is 0. The number of ether oxygens (including phenoxy) is 1. The van der Waals surface area contributed by atoms with Crippen LogP contribution in [0.25, 0.3) is 16.3 Å². The predicted molar refractivity (Wildman–Crippen MR) is 126 cm³/mol. The lowest BCUT2D eigenvalue weighted by atomic mass is 10.0. The number of aromatic nitrogens is 2. The smallest absolute Gasteiger partial charge is 0.258 e. The van der Waals surface area contributed by atoms with E-state index in [2.05, 4.69) is 25.9 Å². The van der Waals surface area contributed by atoms with Crippen molar-refractivity contribution in [1.82, 2.24) is 20.6 Å². The van der Waals surface area contributed by atoms with E-state index in [9.17, 15) is 4.79 Å². The lowest BCUT2D eigenvalue weighted by molar-refractivity contribution is 0.102. The summed E-state index contributed by atoms with van der Waals surface area (Å²) in [5.41, 5.74) is 2.07. The zero-order chi connectivity index (χ0) is 22.3. The molecule has 1 fully saturated rings. The topological polar surface area (TPSA) is 112 Å². The van der Waals surface area contributed by atoms with Gasteiger partial charge in [0.1, 0.15) is 17.7 Å². The van der Waals surface area contributed by atoms with Crippen LogP contribution in [0.3, 0.4) is 0 Å². The SMILES string of the molecule is CN/C=C(\C=N)c1ccc2cnc(NC(=O)c3cncc(OC4CCNCC4)c3)cc2c1. The van der Waals surface area contributed by atoms with Crippen molar-refractivity contribution >= 4 is 34.3 Å². The van der Waals surface area contributed by atoms with Gasteiger partial charge in [-0.25, -0.2) is 4.98 Å². The molecule has 164 valence electrons. The van der Waals surface area contributed by atoms with Crippen molar-refractivity contribution in [3.05, 3.63) is 66.2 Å². The first-order valence-corrected chi connectivity index (χ1v) is 10.6. The van der Waals surface area contributed by atoms with Crippen LogP contribution in [0.1, 0.15) is 28.8 Å². The fourth-order valence-electron chi connectivity index (χ4n) is 3.65. The Bertz CT molecular complexity index is 1150. The third-order valence-electron chi connectivity index (χ3n) is 5.32. The number of pyridine rings is 2. The minimum atomic E-state index is -0.300. The van der Waals surface area contributed by atoms with Gasteiger partial charge in [0.15, 0.2) is 0 Å². The van der Waals surface area contributed by atoms with Gasteiger partial charge >= 0.3 is 0 Å². The molecule has 1 amide bonds. The molecule has 0 radical (unpaired) electrons. The largest absolute Gasteiger partial charge is 0.489 e. The van der Waals surface area contributed by atoms with Crippen LogP contribution < -0.4 is 20.7 Å². The van der Waals surface area contributed by atoms with Crippen LogP contribution in [-0.4, -0.2) is 48.3 Å². The average molecular weight is 431 g/mol. The molecule has 1 aliphatic heterocycles. The van der Waals surface area contributed by atoms with Crippen LogP contribution in [-0.2, 0) is 0 Å². The number of hydrogen-bond acceptors (Lipinski definition) is 7. The van der Waals surface area contributed by atoms with E-state index in [4.69, 9.17) is 10.1 Å². The summed E-state index contributed by atoms with van der Waals surface area (Å²) in [5, 5.41) is 18.6. The van der Waals surface area contributed by atoms with Gasteiger partial charge in [-0.15, -0.1) is 0 Å². The van der Waals surface area contributed by atoms with E-state index in [-0.39, 0.29) is 12.0 Å². The average Bonchev–Trinajstić information content (AvgIpc) is 2.83. The van der Waals surface area contributed by atoms with Gasteiger partial charge in [-0.1, -0.05) is 12.1 Å². The molecule has 1 aliphatic rings. The number of hydrogen-bond donors (Lipinski definition) is 4. The zero-order valence-electron chi connectivity index (χ0n) is 17.9. The minimum absolute atomic E-state index is 0.135. The number of nitrogens with one attached hydrogen (secondary N) is 4. The Labute approximate surface area is 186 Å². The number of carbonyl (C=O) groups is 1. The molecule has 0 unspecified atom stereocenters. The Morgan fingerprint density at radius 2 is 1.97 bits per heavy atom. The highest BCUT2D eigenvalue weighted by Gasteiger charge is 2.16. The third kappa shape index (κ3) is 5.09. The van der Waals surface area contributed by atoms with Crippen molar-refractivity contribution in [2.45, 2.75) is 18.9 Å². The van der Waals surface area contributed by atoms with E-state index in [1.54, 1.807) is 31.7 Å². The first-order valence-electron chi connectivity index (χ1n) is 10.6. The van der Waals surface area contributed by atoms with Gasteiger partial charge in [-0.2, -0.15) is 0 Å². The second-order valence-corrected chi connectivity index (χ2v) is 7.59. The van der Waals surface area contributed by atoms with Crippen LogP contribution in [0.15, 0.2) is 55.1 Å². The highest BCUT2D eigenvalue weighted by Crippen LogP contribution is 2.23. The Hall–Kier alpha value is -3.78. The molecule has 3 aromatic rings. The highest BCUT2D eigenvalue weighted by molar-refractivity contribution is 6.09. The highest BCUT2D eigenvalue weighted by atomic mass is 16.5. The molecular weight excluding hydrogens is 404 g/mol. The zero-order valence-corrected chi connectivity index (χ0v) is 17.9. The van der Waals surface area contributed by atoms with Gasteiger partial charge in [0.25, 0.3) is 5.91 Å². The Balaban J connectivity index is 1.51. The van der Waals surface area contributed by atoms with Gasteiger partial charge in [-0.05, 0) is 55.1 Å². The number of benzene rings is 1. The first kappa shape index (κ1) is 21.5. The molecule has 1 aromatic carbocycles. The standard InChI is InChI=1S/C24H26N6O2/c1-26-12-20(11-25)16-2-3-17-14-29-23(10-18(17)8-16)30-24(31)19-9-22(15-28-13-19)32-21-4-6-27-7-5-21/h2-3,8-15,21,25-27H,4-7H2,1H3,(H,29,30,31)/b20-12+,25-11?. The summed E-state index contributed by atoms with van der Waals surface area (Å²) in [6.07, 6.45) is 9.94. The molecule has 2 aromatic heterocycles. The summed E-state index contributed by atoms with van der Waals surface area (Å²) in [6.45, 7) is 1.86. The van der Waals surface area contributed by atoms with E-state index in [1.807, 2.05) is 24.3 Å². The van der Waals surface area contributed by atoms with Gasteiger partial charge in [0.05, 0.1) is 11.8 Å². The van der Waals surface area contributed by atoms with Gasteiger partial charge in [0.2, 0.25) is 0 Å². The van der Waals surface area contributed by atoms with Crippen molar-refractivity contribution in [2.75, 3.05) is 25.5 Å². The second-order valence-electron chi connectivity index (χ2n) is 7.59. The van der Waals surface area contributed by atoms with Crippen molar-refractivity contribution in [3.63, 3.8) is 0 Å². The molecule has 8 heteroatoms. The van der Waals surface area contributed by atoms with Crippen LogP contribution in [0.4, 0.5) is 5.82 Å². The van der Waals surface area contributed by atoms with E-state index in [0.29, 0.717) is 17.1 Å². The summed E-state index contributed by atoms with van der Waals surface area (Å²) in [6, 6.07) is 9.39. The van der Waals surface area contributed by atoms with E-state index >= 15 is 0 Å². The molecule has 0 bridgehead atoms. The maximum absolute atomic E-state index is 12.8. The Morgan fingerprint density at radius 1 is 1.12 bits per heavy atom. The van der Waals surface area contributed by atoms with E-state index in [1.165, 1.54) is 12.4 Å². The van der Waals surface area contributed by atoms with Gasteiger partial charge < -0.3 is 26.1 Å². The summed E-state index contributed by atoms with van der Waals surface area (Å²) < 4.78 is 5.99. The number of carbonyl (C=O) groups excluding carboxylic acids is 1. The lowest BCUT2D eigenvalue weighted by Gasteiger charge is -2.23. The quantitative estimate of drug-likeness (QED) is 0.428. The van der Waals surface area contributed by atoms with Crippen molar-refractivity contribution in [2.24, 2.45) is 0 Å². The summed E-state index contributed by atoms with van der Waals surface area (Å²) in [5.74, 6) is 0.737. The molecule has 4 rings (SSSR count). The van der Waals surface area contributed by atoms with Crippen LogP contribution in [0, 0.1) is 5.41 Å². The number of amides is 1. The van der Waals surface area contributed by atoms with Crippen LogP contribution in [0.5, 0.6) is 5.75 Å². The number of anilines is 1. The molecule has 0 saturated carbocycles. The third-order valence-corrected chi connectivity index (χ3v) is 5.32. The molecule has 3 heterocycles. The molecule has 8 nitrogen and oxygen atoms in total. The minimum Gasteiger partial charge on any atom is -0.489 e. The number of rotatable bonds is 7. The van der Waals surface area contributed by atoms with Crippen LogP contribution in [0.2, 0.25) is 0 Å². The van der Waals surface area contributed by atoms with Crippen molar-refractivity contribution < 1.29 is 9.53 Å². The molecule has 1 saturated heterocycles. The number of nitrogens with zero attached hydrogens (tertiary/aromatic N) is 2. The number of piperidine rings is 1. The summed E-state index contributed by atoms with van der Waals surface area (Å²) in [4.78, 5) is 21.3. The normalized spacial score (nSPS) is 14.7. The summed E-state index contributed by atoms with van der Waals surface area (Å²) in [7, 11) is 1.80. The van der Waals surface area contributed by atoms with Crippen LogP contribution >= 0.6 is 0 Å². The predicted octanol–water partition coefficient (Wildman–Crippen LogP) is 3.22. The Kier molecular flexibility index (Phi) is 6.72. The number of fused-ring (bicyclic) bond motifs is 1. The fraction of sp³-hybridized carbons (Fsp3) is 0.250. The maximum atomic E-state index is 12.8. The van der Waals surface area contributed by atoms with Gasteiger partial charge in [0, 0.05) is 42.8 Å². The molecule has 0 aliphatic carbocycles. The second kappa shape index (κ2) is 10.0. The van der Waals surface area contributed by atoms with E-state index in [0.717, 1.165) is 47.8 Å². The monoisotopic (exact) mass is 430 g/mol. The van der Waals surface area contributed by atoms with Crippen molar-refractivity contribution in [1.29, 1.82) is 5.41 Å². The number of allylic oxidation sites excluding steroid dienone is 1. The van der Waals surface area contributed by atoms with Gasteiger partial charge in [-0.3, -0.25) is 9.78 Å². The van der Waals surface area contributed by atoms with E-state index < -0.39 is 0 Å². The molecular formula is C24H26N6O2. The molecule has 4 N–H and O–H groups in total. The van der Waals surface area contributed by atoms with Crippen molar-refractivity contribution in [3.8, 4) is 5.75 Å².